The van der Waals surface area contributed by atoms with Gasteiger partial charge in [0.25, 0.3) is 10.0 Å². The van der Waals surface area contributed by atoms with Crippen molar-refractivity contribution < 1.29 is 32.2 Å². The molecule has 3 rings (SSSR count). The first-order valence-electron chi connectivity index (χ1n) is 10.2. The Bertz CT molecular complexity index is 1250. The zero-order chi connectivity index (χ0) is 24.7. The molecule has 0 radical (unpaired) electrons. The largest absolute Gasteiger partial charge is 0.497 e. The third-order valence-electron chi connectivity index (χ3n) is 4.96. The number of anilines is 2. The summed E-state index contributed by atoms with van der Waals surface area (Å²) in [7, 11) is 1.71. The second-order valence-corrected chi connectivity index (χ2v) is 8.84. The smallest absolute Gasteiger partial charge is 0.264 e. The molecule has 0 aromatic heterocycles. The molecule has 3 aromatic rings. The topological polar surface area (TPSA) is 103 Å². The summed E-state index contributed by atoms with van der Waals surface area (Å²) in [6.07, 6.45) is 0. The van der Waals surface area contributed by atoms with Crippen LogP contribution in [-0.4, -0.2) is 49.3 Å². The number of ether oxygens (including phenoxy) is 4. The van der Waals surface area contributed by atoms with E-state index in [4.69, 9.17) is 18.9 Å². The van der Waals surface area contributed by atoms with Crippen LogP contribution in [-0.2, 0) is 14.8 Å². The third-order valence-corrected chi connectivity index (χ3v) is 6.73. The maximum Gasteiger partial charge on any atom is 0.264 e. The van der Waals surface area contributed by atoms with Crippen LogP contribution < -0.4 is 28.6 Å². The summed E-state index contributed by atoms with van der Waals surface area (Å²) in [4.78, 5) is 12.9. The van der Waals surface area contributed by atoms with Gasteiger partial charge in [0, 0.05) is 12.1 Å². The Kier molecular flexibility index (Phi) is 7.85. The van der Waals surface area contributed by atoms with E-state index >= 15 is 0 Å². The molecule has 0 saturated carbocycles. The normalized spacial score (nSPS) is 10.8. The maximum absolute atomic E-state index is 13.6. The van der Waals surface area contributed by atoms with Crippen LogP contribution in [0, 0.1) is 0 Å². The van der Waals surface area contributed by atoms with Gasteiger partial charge in [0.1, 0.15) is 18.0 Å². The first-order chi connectivity index (χ1) is 16.3. The molecule has 0 saturated heterocycles. The molecule has 1 amide bonds. The molecule has 9 nitrogen and oxygen atoms in total. The third kappa shape index (κ3) is 5.34. The summed E-state index contributed by atoms with van der Waals surface area (Å²) in [5.41, 5.74) is 0.707. The number of carbonyl (C=O) groups excluding carboxylic acids is 1. The molecule has 34 heavy (non-hydrogen) atoms. The molecule has 0 aliphatic heterocycles. The fourth-order valence-corrected chi connectivity index (χ4v) is 4.67. The molecular formula is C24H26N2O7S. The number of carbonyl (C=O) groups is 1. The van der Waals surface area contributed by atoms with Gasteiger partial charge in [-0.2, -0.15) is 0 Å². The van der Waals surface area contributed by atoms with Crippen molar-refractivity contribution in [2.24, 2.45) is 0 Å². The van der Waals surface area contributed by atoms with Crippen molar-refractivity contribution >= 4 is 27.3 Å². The van der Waals surface area contributed by atoms with Gasteiger partial charge in [-0.3, -0.25) is 9.10 Å². The van der Waals surface area contributed by atoms with Gasteiger partial charge in [0.15, 0.2) is 11.5 Å². The zero-order valence-electron chi connectivity index (χ0n) is 19.3. The highest BCUT2D eigenvalue weighted by molar-refractivity contribution is 7.92. The lowest BCUT2D eigenvalue weighted by atomic mass is 10.2. The summed E-state index contributed by atoms with van der Waals surface area (Å²) in [6, 6.07) is 17.5. The van der Waals surface area contributed by atoms with E-state index in [1.165, 1.54) is 46.6 Å². The highest BCUT2D eigenvalue weighted by Gasteiger charge is 2.28. The number of methoxy groups -OCH3 is 4. The number of hydrogen-bond acceptors (Lipinski definition) is 7. The minimum Gasteiger partial charge on any atom is -0.497 e. The van der Waals surface area contributed by atoms with Crippen molar-refractivity contribution in [2.75, 3.05) is 44.6 Å². The SMILES string of the molecule is COc1ccc(NC(=O)CN(c2ccccc2)S(=O)(=O)c2ccc(OC)c(OC)c2)c(OC)c1. The van der Waals surface area contributed by atoms with Crippen LogP contribution >= 0.6 is 0 Å². The van der Waals surface area contributed by atoms with Crippen molar-refractivity contribution in [1.29, 1.82) is 0 Å². The van der Waals surface area contributed by atoms with Gasteiger partial charge >= 0.3 is 0 Å². The number of nitrogens with zero attached hydrogens (tertiary/aromatic N) is 1. The Labute approximate surface area is 198 Å². The Morgan fingerprint density at radius 1 is 0.794 bits per heavy atom. The van der Waals surface area contributed by atoms with Crippen LogP contribution in [0.2, 0.25) is 0 Å². The van der Waals surface area contributed by atoms with Gasteiger partial charge in [0.05, 0.1) is 44.7 Å². The molecule has 0 spiro atoms. The molecule has 3 aromatic carbocycles. The summed E-state index contributed by atoms with van der Waals surface area (Å²) < 4.78 is 49.2. The number of nitrogens with one attached hydrogen (secondary N) is 1. The minimum atomic E-state index is -4.14. The second kappa shape index (κ2) is 10.8. The number of para-hydroxylation sites is 1. The number of hydrogen-bond donors (Lipinski definition) is 1. The van der Waals surface area contributed by atoms with Gasteiger partial charge in [-0.1, -0.05) is 18.2 Å². The summed E-state index contributed by atoms with van der Waals surface area (Å²) in [5.74, 6) is 1.01. The number of rotatable bonds is 10. The average Bonchev–Trinajstić information content (AvgIpc) is 2.87. The van der Waals surface area contributed by atoms with Crippen molar-refractivity contribution in [3.8, 4) is 23.0 Å². The molecule has 180 valence electrons. The zero-order valence-corrected chi connectivity index (χ0v) is 20.1. The van der Waals surface area contributed by atoms with Gasteiger partial charge in [-0.25, -0.2) is 8.42 Å². The Hall–Kier alpha value is -3.92. The molecule has 0 bridgehead atoms. The number of sulfonamides is 1. The fraction of sp³-hybridized carbons (Fsp3) is 0.208. The summed E-state index contributed by atoms with van der Waals surface area (Å²) >= 11 is 0. The van der Waals surface area contributed by atoms with E-state index in [-0.39, 0.29) is 10.6 Å². The first kappa shape index (κ1) is 24.7. The van der Waals surface area contributed by atoms with Crippen molar-refractivity contribution in [3.05, 3.63) is 66.7 Å². The van der Waals surface area contributed by atoms with Gasteiger partial charge in [0.2, 0.25) is 5.91 Å². The number of amides is 1. The number of benzene rings is 3. The lowest BCUT2D eigenvalue weighted by Crippen LogP contribution is -2.38. The first-order valence-corrected chi connectivity index (χ1v) is 11.6. The van der Waals surface area contributed by atoms with Crippen LogP contribution in [0.3, 0.4) is 0 Å². The van der Waals surface area contributed by atoms with E-state index in [2.05, 4.69) is 5.32 Å². The van der Waals surface area contributed by atoms with Gasteiger partial charge in [-0.15, -0.1) is 0 Å². The predicted molar refractivity (Wildman–Crippen MR) is 129 cm³/mol. The van der Waals surface area contributed by atoms with Crippen molar-refractivity contribution in [3.63, 3.8) is 0 Å². The monoisotopic (exact) mass is 486 g/mol. The van der Waals surface area contributed by atoms with Gasteiger partial charge in [-0.05, 0) is 36.4 Å². The molecule has 0 aliphatic rings. The van der Waals surface area contributed by atoms with E-state index in [0.717, 1.165) is 4.31 Å². The molecule has 10 heteroatoms. The van der Waals surface area contributed by atoms with Crippen LogP contribution in [0.25, 0.3) is 0 Å². The Balaban J connectivity index is 1.96. The fourth-order valence-electron chi connectivity index (χ4n) is 3.24. The van der Waals surface area contributed by atoms with Crippen molar-refractivity contribution in [1.82, 2.24) is 0 Å². The molecule has 0 atom stereocenters. The molecular weight excluding hydrogens is 460 g/mol. The lowest BCUT2D eigenvalue weighted by Gasteiger charge is -2.24. The Morgan fingerprint density at radius 3 is 2.09 bits per heavy atom. The molecule has 0 heterocycles. The van der Waals surface area contributed by atoms with Crippen LogP contribution in [0.5, 0.6) is 23.0 Å². The van der Waals surface area contributed by atoms with Crippen molar-refractivity contribution in [2.45, 2.75) is 4.90 Å². The molecule has 0 fully saturated rings. The minimum absolute atomic E-state index is 0.0520. The van der Waals surface area contributed by atoms with Gasteiger partial charge < -0.3 is 24.3 Å². The summed E-state index contributed by atoms with van der Waals surface area (Å²) in [5, 5.41) is 2.71. The van der Waals surface area contributed by atoms with E-state index in [1.54, 1.807) is 48.5 Å². The molecule has 0 unspecified atom stereocenters. The van der Waals surface area contributed by atoms with Crippen LogP contribution in [0.15, 0.2) is 71.6 Å². The standard InChI is InChI=1S/C24H26N2O7S/c1-30-18-10-12-20(22(14-18)32-3)25-24(27)16-26(17-8-6-5-7-9-17)34(28,29)19-11-13-21(31-2)23(15-19)33-4/h5-15H,16H2,1-4H3,(H,25,27). The quantitative estimate of drug-likeness (QED) is 0.467. The second-order valence-electron chi connectivity index (χ2n) is 6.98. The summed E-state index contributed by atoms with van der Waals surface area (Å²) in [6.45, 7) is -0.476. The Morgan fingerprint density at radius 2 is 1.47 bits per heavy atom. The lowest BCUT2D eigenvalue weighted by molar-refractivity contribution is -0.114. The van der Waals surface area contributed by atoms with E-state index in [9.17, 15) is 13.2 Å². The average molecular weight is 487 g/mol. The molecule has 1 N–H and O–H groups in total. The highest BCUT2D eigenvalue weighted by atomic mass is 32.2. The van der Waals surface area contributed by atoms with Crippen LogP contribution in [0.1, 0.15) is 0 Å². The van der Waals surface area contributed by atoms with E-state index < -0.39 is 22.5 Å². The van der Waals surface area contributed by atoms with Crippen LogP contribution in [0.4, 0.5) is 11.4 Å². The van der Waals surface area contributed by atoms with E-state index in [0.29, 0.717) is 28.6 Å². The van der Waals surface area contributed by atoms with E-state index in [1.807, 2.05) is 0 Å². The predicted octanol–water partition coefficient (Wildman–Crippen LogP) is 3.56. The highest BCUT2D eigenvalue weighted by Crippen LogP contribution is 2.33. The maximum atomic E-state index is 13.6. The molecule has 0 aliphatic carbocycles.